The number of anilines is 1. The molecule has 0 aliphatic carbocycles. The van der Waals surface area contributed by atoms with E-state index in [-0.39, 0.29) is 5.78 Å². The molecule has 4 heteroatoms. The van der Waals surface area contributed by atoms with Crippen molar-refractivity contribution in [1.29, 1.82) is 0 Å². The quantitative estimate of drug-likeness (QED) is 0.689. The van der Waals surface area contributed by atoms with E-state index in [0.29, 0.717) is 27.6 Å². The number of nitrogen functional groups attached to an aromatic ring is 1. The smallest absolute Gasteiger partial charge is 0.194 e. The molecule has 0 unspecified atom stereocenters. The van der Waals surface area contributed by atoms with E-state index in [9.17, 15) is 4.79 Å². The van der Waals surface area contributed by atoms with Crippen LogP contribution in [0.1, 0.15) is 21.5 Å². The number of rotatable bonds is 3. The molecule has 2 N–H and O–H groups in total. The van der Waals surface area contributed by atoms with Crippen molar-refractivity contribution in [3.8, 4) is 5.75 Å². The van der Waals surface area contributed by atoms with E-state index in [1.54, 1.807) is 43.5 Å². The maximum Gasteiger partial charge on any atom is 0.194 e. The van der Waals surface area contributed by atoms with Crippen LogP contribution >= 0.6 is 11.6 Å². The lowest BCUT2D eigenvalue weighted by molar-refractivity contribution is 0.103. The van der Waals surface area contributed by atoms with Gasteiger partial charge in [-0.3, -0.25) is 4.79 Å². The highest BCUT2D eigenvalue weighted by Crippen LogP contribution is 2.26. The van der Waals surface area contributed by atoms with E-state index in [1.165, 1.54) is 0 Å². The summed E-state index contributed by atoms with van der Waals surface area (Å²) in [6.07, 6.45) is 0. The summed E-state index contributed by atoms with van der Waals surface area (Å²) >= 11 is 6.11. The van der Waals surface area contributed by atoms with Gasteiger partial charge in [-0.25, -0.2) is 0 Å². The monoisotopic (exact) mass is 275 g/mol. The molecular weight excluding hydrogens is 262 g/mol. The number of benzene rings is 2. The molecule has 19 heavy (non-hydrogen) atoms. The van der Waals surface area contributed by atoms with Gasteiger partial charge in [-0.1, -0.05) is 23.7 Å². The van der Waals surface area contributed by atoms with Crippen molar-refractivity contribution in [1.82, 2.24) is 0 Å². The molecule has 0 bridgehead atoms. The molecule has 0 saturated carbocycles. The number of halogens is 1. The fourth-order valence-corrected chi connectivity index (χ4v) is 2.11. The molecule has 2 aromatic carbocycles. The topological polar surface area (TPSA) is 52.3 Å². The van der Waals surface area contributed by atoms with Crippen molar-refractivity contribution in [3.05, 3.63) is 58.1 Å². The first-order valence-corrected chi connectivity index (χ1v) is 6.15. The molecule has 0 spiro atoms. The van der Waals surface area contributed by atoms with Crippen molar-refractivity contribution < 1.29 is 9.53 Å². The van der Waals surface area contributed by atoms with Crippen LogP contribution in [0.15, 0.2) is 36.4 Å². The molecule has 0 aliphatic rings. The Bertz CT molecular complexity index is 638. The summed E-state index contributed by atoms with van der Waals surface area (Å²) in [7, 11) is 1.55. The van der Waals surface area contributed by atoms with E-state index < -0.39 is 0 Å². The van der Waals surface area contributed by atoms with Crippen LogP contribution in [0.4, 0.5) is 5.69 Å². The fourth-order valence-electron chi connectivity index (χ4n) is 1.85. The number of carbonyl (C=O) groups excluding carboxylic acids is 1. The minimum absolute atomic E-state index is 0.141. The van der Waals surface area contributed by atoms with Crippen molar-refractivity contribution >= 4 is 23.1 Å². The number of hydrogen-bond donors (Lipinski definition) is 1. The highest BCUT2D eigenvalue weighted by molar-refractivity contribution is 6.35. The zero-order valence-corrected chi connectivity index (χ0v) is 11.5. The van der Waals surface area contributed by atoms with Gasteiger partial charge in [-0.15, -0.1) is 0 Å². The third kappa shape index (κ3) is 2.56. The second-order valence-corrected chi connectivity index (χ2v) is 4.60. The summed E-state index contributed by atoms with van der Waals surface area (Å²) in [5.41, 5.74) is 8.17. The van der Waals surface area contributed by atoms with Crippen LogP contribution in [-0.2, 0) is 0 Å². The second kappa shape index (κ2) is 5.33. The highest BCUT2D eigenvalue weighted by Gasteiger charge is 2.16. The molecule has 0 fully saturated rings. The summed E-state index contributed by atoms with van der Waals surface area (Å²) in [5.74, 6) is 0.475. The zero-order valence-electron chi connectivity index (χ0n) is 10.7. The highest BCUT2D eigenvalue weighted by atomic mass is 35.5. The molecule has 0 heterocycles. The van der Waals surface area contributed by atoms with Gasteiger partial charge in [0.2, 0.25) is 0 Å². The molecule has 0 amide bonds. The predicted molar refractivity (Wildman–Crippen MR) is 77.0 cm³/mol. The molecule has 0 aliphatic heterocycles. The number of ether oxygens (including phenoxy) is 1. The van der Waals surface area contributed by atoms with Gasteiger partial charge in [-0.05, 0) is 36.8 Å². The predicted octanol–water partition coefficient (Wildman–Crippen LogP) is 3.47. The summed E-state index contributed by atoms with van der Waals surface area (Å²) < 4.78 is 5.06. The fraction of sp³-hybridized carbons (Fsp3) is 0.133. The minimum atomic E-state index is -0.141. The SMILES string of the molecule is COc1ccc(C(=O)c2cccc(N)c2C)c(Cl)c1. The Hall–Kier alpha value is -2.00. The van der Waals surface area contributed by atoms with Crippen molar-refractivity contribution in [2.75, 3.05) is 12.8 Å². The Morgan fingerprint density at radius 1 is 1.21 bits per heavy atom. The first-order valence-electron chi connectivity index (χ1n) is 5.78. The average Bonchev–Trinajstić information content (AvgIpc) is 2.41. The molecule has 2 aromatic rings. The Balaban J connectivity index is 2.47. The third-order valence-corrected chi connectivity index (χ3v) is 3.35. The second-order valence-electron chi connectivity index (χ2n) is 4.19. The van der Waals surface area contributed by atoms with Crippen LogP contribution in [0.2, 0.25) is 5.02 Å². The summed E-state index contributed by atoms with van der Waals surface area (Å²) in [6.45, 7) is 1.82. The summed E-state index contributed by atoms with van der Waals surface area (Å²) in [5, 5.41) is 0.367. The van der Waals surface area contributed by atoms with Crippen LogP contribution in [-0.4, -0.2) is 12.9 Å². The van der Waals surface area contributed by atoms with Crippen LogP contribution in [0.25, 0.3) is 0 Å². The Morgan fingerprint density at radius 3 is 2.58 bits per heavy atom. The molecular formula is C15H14ClNO2. The van der Waals surface area contributed by atoms with Crippen molar-refractivity contribution in [2.45, 2.75) is 6.92 Å². The van der Waals surface area contributed by atoms with Crippen LogP contribution in [0, 0.1) is 6.92 Å². The molecule has 0 radical (unpaired) electrons. The number of ketones is 1. The molecule has 0 aromatic heterocycles. The third-order valence-electron chi connectivity index (χ3n) is 3.04. The van der Waals surface area contributed by atoms with Crippen LogP contribution in [0.3, 0.4) is 0 Å². The lowest BCUT2D eigenvalue weighted by atomic mass is 9.98. The normalized spacial score (nSPS) is 10.3. The van der Waals surface area contributed by atoms with Gasteiger partial charge >= 0.3 is 0 Å². The van der Waals surface area contributed by atoms with E-state index in [2.05, 4.69) is 0 Å². The minimum Gasteiger partial charge on any atom is -0.497 e. The number of hydrogen-bond acceptors (Lipinski definition) is 3. The Labute approximate surface area is 117 Å². The van der Waals surface area contributed by atoms with Gasteiger partial charge in [0.25, 0.3) is 0 Å². The largest absolute Gasteiger partial charge is 0.497 e. The number of carbonyl (C=O) groups is 1. The van der Waals surface area contributed by atoms with Gasteiger partial charge < -0.3 is 10.5 Å². The van der Waals surface area contributed by atoms with Crippen LogP contribution < -0.4 is 10.5 Å². The van der Waals surface area contributed by atoms with Gasteiger partial charge in [0.05, 0.1) is 12.1 Å². The standard InChI is InChI=1S/C15H14ClNO2/c1-9-11(4-3-5-14(9)17)15(18)12-7-6-10(19-2)8-13(12)16/h3-8H,17H2,1-2H3. The van der Waals surface area contributed by atoms with Gasteiger partial charge in [0, 0.05) is 16.8 Å². The van der Waals surface area contributed by atoms with Crippen LogP contribution in [0.5, 0.6) is 5.75 Å². The zero-order chi connectivity index (χ0) is 14.0. The van der Waals surface area contributed by atoms with E-state index >= 15 is 0 Å². The van der Waals surface area contributed by atoms with Crippen molar-refractivity contribution in [2.24, 2.45) is 0 Å². The molecule has 0 saturated heterocycles. The van der Waals surface area contributed by atoms with Gasteiger partial charge in [0.1, 0.15) is 5.75 Å². The molecule has 98 valence electrons. The molecule has 0 atom stereocenters. The summed E-state index contributed by atoms with van der Waals surface area (Å²) in [6, 6.07) is 10.3. The lowest BCUT2D eigenvalue weighted by Gasteiger charge is -2.09. The lowest BCUT2D eigenvalue weighted by Crippen LogP contribution is -2.06. The first kappa shape index (κ1) is 13.4. The maximum absolute atomic E-state index is 12.5. The Morgan fingerprint density at radius 2 is 1.95 bits per heavy atom. The van der Waals surface area contributed by atoms with Gasteiger partial charge in [-0.2, -0.15) is 0 Å². The van der Waals surface area contributed by atoms with E-state index in [4.69, 9.17) is 22.1 Å². The Kier molecular flexibility index (Phi) is 3.76. The number of nitrogens with two attached hydrogens (primary N) is 1. The maximum atomic E-state index is 12.5. The average molecular weight is 276 g/mol. The molecule has 2 rings (SSSR count). The number of methoxy groups -OCH3 is 1. The molecule has 3 nitrogen and oxygen atoms in total. The van der Waals surface area contributed by atoms with Crippen molar-refractivity contribution in [3.63, 3.8) is 0 Å². The summed E-state index contributed by atoms with van der Waals surface area (Å²) in [4.78, 5) is 12.5. The van der Waals surface area contributed by atoms with E-state index in [0.717, 1.165) is 5.56 Å². The van der Waals surface area contributed by atoms with Gasteiger partial charge in [0.15, 0.2) is 5.78 Å². The van der Waals surface area contributed by atoms with E-state index in [1.807, 2.05) is 6.92 Å². The first-order chi connectivity index (χ1) is 9.04.